The van der Waals surface area contributed by atoms with E-state index < -0.39 is 0 Å². The number of aliphatic hydroxyl groups excluding tert-OH is 1. The summed E-state index contributed by atoms with van der Waals surface area (Å²) in [7, 11) is 1.87. The Kier molecular flexibility index (Phi) is 2.49. The molecule has 1 aromatic heterocycles. The maximum atomic E-state index is 8.88. The zero-order valence-corrected chi connectivity index (χ0v) is 7.70. The minimum Gasteiger partial charge on any atom is -0.394 e. The van der Waals surface area contributed by atoms with Crippen molar-refractivity contribution < 1.29 is 5.11 Å². The molecule has 1 rings (SSSR count). The molecular weight excluding hydrogens is 154 g/mol. The van der Waals surface area contributed by atoms with Gasteiger partial charge in [0.1, 0.15) is 0 Å². The van der Waals surface area contributed by atoms with Crippen molar-refractivity contribution in [1.29, 1.82) is 0 Å². The molecule has 1 unspecified atom stereocenters. The van der Waals surface area contributed by atoms with Crippen molar-refractivity contribution in [3.05, 3.63) is 17.0 Å². The lowest BCUT2D eigenvalue weighted by molar-refractivity contribution is 0.267. The van der Waals surface area contributed by atoms with Crippen molar-refractivity contribution in [2.45, 2.75) is 19.9 Å². The minimum atomic E-state index is -0.307. The third-order valence-electron chi connectivity index (χ3n) is 2.13. The van der Waals surface area contributed by atoms with Crippen molar-refractivity contribution in [2.75, 3.05) is 6.61 Å². The summed E-state index contributed by atoms with van der Waals surface area (Å²) in [6.45, 7) is 3.82. The Morgan fingerprint density at radius 2 is 2.17 bits per heavy atom. The van der Waals surface area contributed by atoms with Gasteiger partial charge in [-0.25, -0.2) is 0 Å². The molecule has 0 aromatic carbocycles. The lowest BCUT2D eigenvalue weighted by Crippen LogP contribution is -2.16. The summed E-state index contributed by atoms with van der Waals surface area (Å²) in [5, 5.41) is 13.1. The summed E-state index contributed by atoms with van der Waals surface area (Å²) in [5.41, 5.74) is 8.59. The molecule has 68 valence electrons. The molecule has 0 saturated heterocycles. The standard InChI is InChI=1S/C8H15N3O/c1-5-8(7(9)4-12)6(2)11(3)10-5/h7,12H,4,9H2,1-3H3. The lowest BCUT2D eigenvalue weighted by atomic mass is 10.1. The van der Waals surface area contributed by atoms with Crippen LogP contribution in [-0.2, 0) is 7.05 Å². The molecule has 4 heteroatoms. The molecule has 4 nitrogen and oxygen atoms in total. The molecule has 0 bridgehead atoms. The molecule has 0 saturated carbocycles. The van der Waals surface area contributed by atoms with E-state index in [0.717, 1.165) is 17.0 Å². The molecule has 0 fully saturated rings. The second kappa shape index (κ2) is 3.25. The van der Waals surface area contributed by atoms with E-state index in [-0.39, 0.29) is 12.6 Å². The van der Waals surface area contributed by atoms with Gasteiger partial charge in [-0.15, -0.1) is 0 Å². The maximum absolute atomic E-state index is 8.88. The van der Waals surface area contributed by atoms with Gasteiger partial charge in [0.2, 0.25) is 0 Å². The van der Waals surface area contributed by atoms with Crippen molar-refractivity contribution in [3.63, 3.8) is 0 Å². The predicted octanol–water partition coefficient (Wildman–Crippen LogP) is 0.0290. The number of aliphatic hydroxyl groups is 1. The number of aromatic nitrogens is 2. The van der Waals surface area contributed by atoms with E-state index >= 15 is 0 Å². The Balaban J connectivity index is 3.13. The highest BCUT2D eigenvalue weighted by molar-refractivity contribution is 5.27. The topological polar surface area (TPSA) is 64.1 Å². The number of hydrogen-bond acceptors (Lipinski definition) is 3. The fraction of sp³-hybridized carbons (Fsp3) is 0.625. The number of aryl methyl sites for hydroxylation is 2. The average Bonchev–Trinajstić information content (AvgIpc) is 2.26. The van der Waals surface area contributed by atoms with Gasteiger partial charge < -0.3 is 10.8 Å². The number of rotatable bonds is 2. The molecule has 3 N–H and O–H groups in total. The quantitative estimate of drug-likeness (QED) is 0.656. The zero-order chi connectivity index (χ0) is 9.30. The van der Waals surface area contributed by atoms with Gasteiger partial charge in [0.25, 0.3) is 0 Å². The van der Waals surface area contributed by atoms with Crippen LogP contribution >= 0.6 is 0 Å². The molecule has 12 heavy (non-hydrogen) atoms. The molecule has 1 heterocycles. The van der Waals surface area contributed by atoms with Crippen LogP contribution < -0.4 is 5.73 Å². The van der Waals surface area contributed by atoms with Gasteiger partial charge in [-0.05, 0) is 13.8 Å². The van der Waals surface area contributed by atoms with Crippen molar-refractivity contribution >= 4 is 0 Å². The van der Waals surface area contributed by atoms with E-state index in [2.05, 4.69) is 5.10 Å². The van der Waals surface area contributed by atoms with Gasteiger partial charge >= 0.3 is 0 Å². The van der Waals surface area contributed by atoms with E-state index in [4.69, 9.17) is 10.8 Å². The van der Waals surface area contributed by atoms with Crippen LogP contribution in [0.2, 0.25) is 0 Å². The fourth-order valence-electron chi connectivity index (χ4n) is 1.42. The van der Waals surface area contributed by atoms with Crippen LogP contribution in [0.3, 0.4) is 0 Å². The Bertz CT molecular complexity index is 280. The lowest BCUT2D eigenvalue weighted by Gasteiger charge is -2.07. The van der Waals surface area contributed by atoms with Crippen LogP contribution in [0.25, 0.3) is 0 Å². The van der Waals surface area contributed by atoms with E-state index in [9.17, 15) is 0 Å². The maximum Gasteiger partial charge on any atom is 0.0645 e. The highest BCUT2D eigenvalue weighted by atomic mass is 16.3. The first-order valence-corrected chi connectivity index (χ1v) is 3.94. The molecule has 0 radical (unpaired) electrons. The average molecular weight is 169 g/mol. The van der Waals surface area contributed by atoms with E-state index in [1.54, 1.807) is 4.68 Å². The smallest absolute Gasteiger partial charge is 0.0645 e. The second-order valence-corrected chi connectivity index (χ2v) is 3.00. The SMILES string of the molecule is Cc1nn(C)c(C)c1C(N)CO. The predicted molar refractivity (Wildman–Crippen MR) is 46.7 cm³/mol. The molecular formula is C8H15N3O. The first-order chi connectivity index (χ1) is 5.57. The van der Waals surface area contributed by atoms with Gasteiger partial charge in [-0.1, -0.05) is 0 Å². The van der Waals surface area contributed by atoms with Gasteiger partial charge in [-0.2, -0.15) is 5.10 Å². The van der Waals surface area contributed by atoms with E-state index in [1.165, 1.54) is 0 Å². The van der Waals surface area contributed by atoms with Gasteiger partial charge in [0.15, 0.2) is 0 Å². The minimum absolute atomic E-state index is 0.0344. The van der Waals surface area contributed by atoms with Gasteiger partial charge in [0, 0.05) is 18.3 Å². The second-order valence-electron chi connectivity index (χ2n) is 3.00. The van der Waals surface area contributed by atoms with E-state index in [1.807, 2.05) is 20.9 Å². The van der Waals surface area contributed by atoms with Crippen LogP contribution in [0.5, 0.6) is 0 Å². The van der Waals surface area contributed by atoms with Gasteiger partial charge in [-0.3, -0.25) is 4.68 Å². The zero-order valence-electron chi connectivity index (χ0n) is 7.70. The third kappa shape index (κ3) is 1.35. The first kappa shape index (κ1) is 9.22. The normalized spacial score (nSPS) is 13.4. The summed E-state index contributed by atoms with van der Waals surface area (Å²) >= 11 is 0. The summed E-state index contributed by atoms with van der Waals surface area (Å²) < 4.78 is 1.78. The Morgan fingerprint density at radius 1 is 1.58 bits per heavy atom. The van der Waals surface area contributed by atoms with Crippen LogP contribution in [-0.4, -0.2) is 21.5 Å². The third-order valence-corrected chi connectivity index (χ3v) is 2.13. The molecule has 0 amide bonds. The Labute approximate surface area is 72.0 Å². The molecule has 1 atom stereocenters. The molecule has 1 aromatic rings. The van der Waals surface area contributed by atoms with Gasteiger partial charge in [0.05, 0.1) is 18.3 Å². The summed E-state index contributed by atoms with van der Waals surface area (Å²) in [6, 6.07) is -0.307. The largest absolute Gasteiger partial charge is 0.394 e. The number of hydrogen-bond donors (Lipinski definition) is 2. The van der Waals surface area contributed by atoms with Crippen LogP contribution in [0, 0.1) is 13.8 Å². The Morgan fingerprint density at radius 3 is 2.50 bits per heavy atom. The van der Waals surface area contributed by atoms with Crippen molar-refractivity contribution in [2.24, 2.45) is 12.8 Å². The molecule has 0 aliphatic rings. The first-order valence-electron chi connectivity index (χ1n) is 3.94. The Hall–Kier alpha value is -0.870. The fourth-order valence-corrected chi connectivity index (χ4v) is 1.42. The number of nitrogens with two attached hydrogens (primary N) is 1. The molecule has 0 spiro atoms. The van der Waals surface area contributed by atoms with Crippen LogP contribution in [0.4, 0.5) is 0 Å². The monoisotopic (exact) mass is 169 g/mol. The highest BCUT2D eigenvalue weighted by Gasteiger charge is 2.15. The van der Waals surface area contributed by atoms with Crippen LogP contribution in [0.15, 0.2) is 0 Å². The molecule has 0 aliphatic heterocycles. The number of nitrogens with zero attached hydrogens (tertiary/aromatic N) is 2. The summed E-state index contributed by atoms with van der Waals surface area (Å²) in [4.78, 5) is 0. The van der Waals surface area contributed by atoms with E-state index in [0.29, 0.717) is 0 Å². The van der Waals surface area contributed by atoms with Crippen LogP contribution in [0.1, 0.15) is 23.0 Å². The summed E-state index contributed by atoms with van der Waals surface area (Å²) in [5.74, 6) is 0. The molecule has 0 aliphatic carbocycles. The highest BCUT2D eigenvalue weighted by Crippen LogP contribution is 2.18. The summed E-state index contributed by atoms with van der Waals surface area (Å²) in [6.07, 6.45) is 0. The van der Waals surface area contributed by atoms with Crippen molar-refractivity contribution in [3.8, 4) is 0 Å². The van der Waals surface area contributed by atoms with Crippen molar-refractivity contribution in [1.82, 2.24) is 9.78 Å².